The molecule has 0 aliphatic carbocycles. The lowest BCUT2D eigenvalue weighted by molar-refractivity contribution is 0.0290. The Morgan fingerprint density at radius 1 is 1.69 bits per heavy atom. The molecule has 0 amide bonds. The molecule has 1 aliphatic rings. The summed E-state index contributed by atoms with van der Waals surface area (Å²) >= 11 is 0. The zero-order chi connectivity index (χ0) is 9.68. The van der Waals surface area contributed by atoms with Crippen molar-refractivity contribution in [3.05, 3.63) is 18.5 Å². The highest BCUT2D eigenvalue weighted by molar-refractivity contribution is 5.53. The van der Waals surface area contributed by atoms with Crippen LogP contribution >= 0.6 is 0 Å². The van der Waals surface area contributed by atoms with Gasteiger partial charge < -0.3 is 9.64 Å². The van der Waals surface area contributed by atoms with Gasteiger partial charge in [-0.1, -0.05) is 6.58 Å². The molecule has 0 aromatic rings. The standard InChI is InChI=1S/C10H15NO2/c1-3-11(2)9(8-12)10-6-4-5-7-13-10/h3,10H,1,4-7H2,2H3. The van der Waals surface area contributed by atoms with Crippen molar-refractivity contribution in [1.82, 2.24) is 4.90 Å². The molecule has 0 N–H and O–H groups in total. The van der Waals surface area contributed by atoms with E-state index in [1.165, 1.54) is 0 Å². The molecule has 0 spiro atoms. The Morgan fingerprint density at radius 3 is 2.92 bits per heavy atom. The van der Waals surface area contributed by atoms with Gasteiger partial charge in [0.25, 0.3) is 0 Å². The second kappa shape index (κ2) is 4.85. The van der Waals surface area contributed by atoms with Crippen LogP contribution in [0.25, 0.3) is 0 Å². The average Bonchev–Trinajstić information content (AvgIpc) is 2.20. The average molecular weight is 181 g/mol. The Labute approximate surface area is 78.7 Å². The van der Waals surface area contributed by atoms with Crippen molar-refractivity contribution in [3.8, 4) is 0 Å². The third-order valence-corrected chi connectivity index (χ3v) is 2.24. The van der Waals surface area contributed by atoms with E-state index in [4.69, 9.17) is 4.74 Å². The minimum atomic E-state index is -0.0887. The van der Waals surface area contributed by atoms with Crippen molar-refractivity contribution in [1.29, 1.82) is 0 Å². The molecule has 3 nitrogen and oxygen atoms in total. The molecule has 1 saturated heterocycles. The third kappa shape index (κ3) is 2.44. The van der Waals surface area contributed by atoms with Crippen LogP contribution in [0.1, 0.15) is 19.3 Å². The van der Waals surface area contributed by atoms with Crippen LogP contribution in [-0.4, -0.2) is 30.6 Å². The van der Waals surface area contributed by atoms with E-state index >= 15 is 0 Å². The first-order valence-corrected chi connectivity index (χ1v) is 4.51. The molecule has 0 radical (unpaired) electrons. The van der Waals surface area contributed by atoms with Crippen LogP contribution in [-0.2, 0) is 9.53 Å². The van der Waals surface area contributed by atoms with Gasteiger partial charge in [0.2, 0.25) is 0 Å². The molecule has 3 heteroatoms. The molecule has 0 aromatic carbocycles. The number of rotatable bonds is 3. The number of hydrogen-bond donors (Lipinski definition) is 0. The molecule has 1 unspecified atom stereocenters. The van der Waals surface area contributed by atoms with Crippen molar-refractivity contribution in [2.45, 2.75) is 25.4 Å². The molecular weight excluding hydrogens is 166 g/mol. The lowest BCUT2D eigenvalue weighted by Gasteiger charge is -2.26. The van der Waals surface area contributed by atoms with Gasteiger partial charge in [-0.3, -0.25) is 0 Å². The van der Waals surface area contributed by atoms with Crippen molar-refractivity contribution in [3.63, 3.8) is 0 Å². The van der Waals surface area contributed by atoms with E-state index in [1.807, 2.05) is 5.94 Å². The van der Waals surface area contributed by atoms with E-state index in [2.05, 4.69) is 6.58 Å². The van der Waals surface area contributed by atoms with E-state index in [0.717, 1.165) is 25.9 Å². The van der Waals surface area contributed by atoms with Crippen molar-refractivity contribution < 1.29 is 9.53 Å². The van der Waals surface area contributed by atoms with Crippen LogP contribution in [0.15, 0.2) is 18.5 Å². The topological polar surface area (TPSA) is 29.5 Å². The van der Waals surface area contributed by atoms with Gasteiger partial charge in [-0.15, -0.1) is 0 Å². The predicted octanol–water partition coefficient (Wildman–Crippen LogP) is 1.35. The summed E-state index contributed by atoms with van der Waals surface area (Å²) in [5, 5.41) is 0. The minimum absolute atomic E-state index is 0.0887. The summed E-state index contributed by atoms with van der Waals surface area (Å²) in [6.45, 7) is 4.33. The van der Waals surface area contributed by atoms with Crippen LogP contribution in [0.5, 0.6) is 0 Å². The maximum atomic E-state index is 10.7. The fourth-order valence-electron chi connectivity index (χ4n) is 1.42. The fraction of sp³-hybridized carbons (Fsp3) is 0.600. The first-order valence-electron chi connectivity index (χ1n) is 4.51. The van der Waals surface area contributed by atoms with Gasteiger partial charge in [0.1, 0.15) is 17.7 Å². The molecule has 1 atom stereocenters. The van der Waals surface area contributed by atoms with Crippen LogP contribution in [0.4, 0.5) is 0 Å². The van der Waals surface area contributed by atoms with Crippen molar-refractivity contribution >= 4 is 5.94 Å². The highest BCUT2D eigenvalue weighted by Crippen LogP contribution is 2.19. The quantitative estimate of drug-likeness (QED) is 0.615. The summed E-state index contributed by atoms with van der Waals surface area (Å²) < 4.78 is 5.46. The smallest absolute Gasteiger partial charge is 0.148 e. The van der Waals surface area contributed by atoms with E-state index in [-0.39, 0.29) is 6.10 Å². The first-order chi connectivity index (χ1) is 6.29. The second-order valence-corrected chi connectivity index (χ2v) is 3.14. The fourth-order valence-corrected chi connectivity index (χ4v) is 1.42. The van der Waals surface area contributed by atoms with Gasteiger partial charge in [0, 0.05) is 13.7 Å². The Bertz CT molecular complexity index is 225. The Hall–Kier alpha value is -1.05. The summed E-state index contributed by atoms with van der Waals surface area (Å²) in [5.74, 6) is 1.92. The monoisotopic (exact) mass is 181 g/mol. The number of carbonyl (C=O) groups excluding carboxylic acids is 1. The molecule has 1 fully saturated rings. The SMILES string of the molecule is C=CN(C)C(=C=O)C1CCCCO1. The highest BCUT2D eigenvalue weighted by atomic mass is 16.5. The predicted molar refractivity (Wildman–Crippen MR) is 50.8 cm³/mol. The molecule has 0 saturated carbocycles. The normalized spacial score (nSPS) is 21.8. The Kier molecular flexibility index (Phi) is 3.74. The number of ether oxygens (including phenoxy) is 1. The summed E-state index contributed by atoms with van der Waals surface area (Å²) in [4.78, 5) is 12.3. The Balaban J connectivity index is 2.65. The van der Waals surface area contributed by atoms with Crippen LogP contribution in [0.2, 0.25) is 0 Å². The van der Waals surface area contributed by atoms with E-state index in [9.17, 15) is 4.79 Å². The molecule has 0 aromatic heterocycles. The third-order valence-electron chi connectivity index (χ3n) is 2.24. The van der Waals surface area contributed by atoms with Crippen LogP contribution < -0.4 is 0 Å². The zero-order valence-electron chi connectivity index (χ0n) is 7.95. The Morgan fingerprint density at radius 2 is 2.46 bits per heavy atom. The largest absolute Gasteiger partial charge is 0.371 e. The van der Waals surface area contributed by atoms with Gasteiger partial charge in [0.15, 0.2) is 0 Å². The maximum Gasteiger partial charge on any atom is 0.148 e. The van der Waals surface area contributed by atoms with Gasteiger partial charge in [-0.25, -0.2) is 4.79 Å². The summed E-state index contributed by atoms with van der Waals surface area (Å²) in [7, 11) is 1.78. The van der Waals surface area contributed by atoms with E-state index < -0.39 is 0 Å². The zero-order valence-corrected chi connectivity index (χ0v) is 7.95. The molecule has 1 heterocycles. The maximum absolute atomic E-state index is 10.7. The van der Waals surface area contributed by atoms with E-state index in [1.54, 1.807) is 18.1 Å². The number of nitrogens with zero attached hydrogens (tertiary/aromatic N) is 1. The lowest BCUT2D eigenvalue weighted by Crippen LogP contribution is -2.28. The summed E-state index contributed by atoms with van der Waals surface area (Å²) in [6.07, 6.45) is 4.61. The molecule has 1 aliphatic heterocycles. The van der Waals surface area contributed by atoms with Gasteiger partial charge in [-0.2, -0.15) is 0 Å². The highest BCUT2D eigenvalue weighted by Gasteiger charge is 2.21. The molecule has 72 valence electrons. The first kappa shape index (κ1) is 10.0. The van der Waals surface area contributed by atoms with Crippen molar-refractivity contribution in [2.75, 3.05) is 13.7 Å². The second-order valence-electron chi connectivity index (χ2n) is 3.14. The van der Waals surface area contributed by atoms with Crippen molar-refractivity contribution in [2.24, 2.45) is 0 Å². The van der Waals surface area contributed by atoms with Gasteiger partial charge in [0.05, 0.1) is 0 Å². The van der Waals surface area contributed by atoms with E-state index in [0.29, 0.717) is 5.70 Å². The lowest BCUT2D eigenvalue weighted by atomic mass is 10.1. The van der Waals surface area contributed by atoms with Gasteiger partial charge in [-0.05, 0) is 25.5 Å². The molecular formula is C10H15NO2. The minimum Gasteiger partial charge on any atom is -0.371 e. The molecule has 1 rings (SSSR count). The van der Waals surface area contributed by atoms with Crippen LogP contribution in [0, 0.1) is 0 Å². The van der Waals surface area contributed by atoms with Crippen LogP contribution in [0.3, 0.4) is 0 Å². The number of likely N-dealkylation sites (N-methyl/N-ethyl adjacent to an activating group) is 1. The summed E-state index contributed by atoms with van der Waals surface area (Å²) in [5.41, 5.74) is 0.551. The van der Waals surface area contributed by atoms with Gasteiger partial charge >= 0.3 is 0 Å². The molecule has 13 heavy (non-hydrogen) atoms. The molecule has 0 bridgehead atoms. The number of hydrogen-bond acceptors (Lipinski definition) is 3. The summed E-state index contributed by atoms with van der Waals surface area (Å²) in [6, 6.07) is 0.